The molecule has 15 heavy (non-hydrogen) atoms. The molecule has 0 radical (unpaired) electrons. The maximum Gasteiger partial charge on any atom is 0.412 e. The van der Waals surface area contributed by atoms with Gasteiger partial charge in [-0.25, -0.2) is 9.18 Å². The van der Waals surface area contributed by atoms with Crippen LogP contribution in [-0.4, -0.2) is 34.8 Å². The van der Waals surface area contributed by atoms with Crippen LogP contribution in [0.5, 0.6) is 0 Å². The van der Waals surface area contributed by atoms with E-state index in [0.29, 0.717) is 13.0 Å². The molecule has 1 rings (SSSR count). The van der Waals surface area contributed by atoms with Gasteiger partial charge < -0.3 is 4.74 Å². The zero-order chi connectivity index (χ0) is 11.7. The van der Waals surface area contributed by atoms with Gasteiger partial charge in [0.2, 0.25) is 5.79 Å². The van der Waals surface area contributed by atoms with Crippen LogP contribution in [-0.2, 0) is 4.74 Å². The molecule has 0 bridgehead atoms. The lowest BCUT2D eigenvalue weighted by Crippen LogP contribution is -2.47. The summed E-state index contributed by atoms with van der Waals surface area (Å²) in [7, 11) is 0. The van der Waals surface area contributed by atoms with E-state index in [1.54, 1.807) is 20.8 Å². The summed E-state index contributed by atoms with van der Waals surface area (Å²) < 4.78 is 19.1. The second-order valence-electron chi connectivity index (χ2n) is 4.79. The van der Waals surface area contributed by atoms with Crippen LogP contribution in [0.15, 0.2) is 0 Å². The Balaban J connectivity index is 2.67. The maximum absolute atomic E-state index is 14.0. The molecule has 0 N–H and O–H groups in total. The Labute approximate surface area is 94.5 Å². The normalized spacial score (nSPS) is 26.9. The van der Waals surface area contributed by atoms with Crippen molar-refractivity contribution in [2.45, 2.75) is 45.0 Å². The third-order valence-corrected chi connectivity index (χ3v) is 2.65. The molecule has 3 nitrogen and oxygen atoms in total. The Morgan fingerprint density at radius 1 is 1.60 bits per heavy atom. The van der Waals surface area contributed by atoms with E-state index in [1.807, 2.05) is 0 Å². The molecule has 0 saturated carbocycles. The third kappa shape index (κ3) is 2.97. The number of amides is 1. The number of alkyl halides is 2. The first-order chi connectivity index (χ1) is 6.78. The molecule has 0 aliphatic carbocycles. The Morgan fingerprint density at radius 3 is 2.67 bits per heavy atom. The van der Waals surface area contributed by atoms with Crippen LogP contribution in [0.3, 0.4) is 0 Å². The standard InChI is InChI=1S/C10H17ClFNO2/c1-9(2,3)15-8(14)13-6-4-5-10(13,12)7-11/h4-7H2,1-3H3/t10-/m1/s1. The molecule has 1 aliphatic rings. The van der Waals surface area contributed by atoms with Crippen molar-refractivity contribution in [3.8, 4) is 0 Å². The molecule has 1 fully saturated rings. The molecule has 1 saturated heterocycles. The van der Waals surface area contributed by atoms with E-state index in [0.717, 1.165) is 4.90 Å². The molecule has 0 aromatic rings. The Kier molecular flexibility index (Phi) is 3.48. The van der Waals surface area contributed by atoms with Crippen LogP contribution in [0.25, 0.3) is 0 Å². The van der Waals surface area contributed by atoms with Crippen molar-refractivity contribution in [3.05, 3.63) is 0 Å². The second-order valence-corrected chi connectivity index (χ2v) is 5.05. The molecule has 0 unspecified atom stereocenters. The predicted molar refractivity (Wildman–Crippen MR) is 56.7 cm³/mol. The highest BCUT2D eigenvalue weighted by Gasteiger charge is 2.45. The third-order valence-electron chi connectivity index (χ3n) is 2.24. The van der Waals surface area contributed by atoms with Crippen LogP contribution in [0.4, 0.5) is 9.18 Å². The van der Waals surface area contributed by atoms with E-state index in [-0.39, 0.29) is 12.3 Å². The number of rotatable bonds is 1. The smallest absolute Gasteiger partial charge is 0.412 e. The zero-order valence-electron chi connectivity index (χ0n) is 9.35. The molecule has 88 valence electrons. The minimum atomic E-state index is -1.73. The van der Waals surface area contributed by atoms with Crippen molar-refractivity contribution in [1.29, 1.82) is 0 Å². The average Bonchev–Trinajstić information content (AvgIpc) is 2.45. The van der Waals surface area contributed by atoms with Crippen LogP contribution < -0.4 is 0 Å². The van der Waals surface area contributed by atoms with Crippen LogP contribution in [0, 0.1) is 0 Å². The van der Waals surface area contributed by atoms with Gasteiger partial charge in [0.15, 0.2) is 0 Å². The van der Waals surface area contributed by atoms with Crippen molar-refractivity contribution in [2.24, 2.45) is 0 Å². The van der Waals surface area contributed by atoms with Gasteiger partial charge in [0.1, 0.15) is 5.60 Å². The van der Waals surface area contributed by atoms with Crippen molar-refractivity contribution in [3.63, 3.8) is 0 Å². The van der Waals surface area contributed by atoms with Gasteiger partial charge in [-0.1, -0.05) is 0 Å². The van der Waals surface area contributed by atoms with Crippen molar-refractivity contribution < 1.29 is 13.9 Å². The zero-order valence-corrected chi connectivity index (χ0v) is 10.1. The van der Waals surface area contributed by atoms with E-state index in [9.17, 15) is 9.18 Å². The molecule has 5 heteroatoms. The molecule has 1 aliphatic heterocycles. The second kappa shape index (κ2) is 4.16. The van der Waals surface area contributed by atoms with Crippen molar-refractivity contribution >= 4 is 17.7 Å². The highest BCUT2D eigenvalue weighted by atomic mass is 35.5. The number of ether oxygens (including phenoxy) is 1. The summed E-state index contributed by atoms with van der Waals surface area (Å²) >= 11 is 5.53. The number of likely N-dealkylation sites (tertiary alicyclic amines) is 1. The minimum absolute atomic E-state index is 0.202. The first kappa shape index (κ1) is 12.6. The largest absolute Gasteiger partial charge is 0.444 e. The summed E-state index contributed by atoms with van der Waals surface area (Å²) in [6, 6.07) is 0. The van der Waals surface area contributed by atoms with E-state index in [1.165, 1.54) is 0 Å². The van der Waals surface area contributed by atoms with Gasteiger partial charge in [-0.15, -0.1) is 11.6 Å². The SMILES string of the molecule is CC(C)(C)OC(=O)N1CCC[C@]1(F)CCl. The fourth-order valence-electron chi connectivity index (χ4n) is 1.55. The van der Waals surface area contributed by atoms with E-state index >= 15 is 0 Å². The molecule has 0 spiro atoms. The number of hydrogen-bond donors (Lipinski definition) is 0. The summed E-state index contributed by atoms with van der Waals surface area (Å²) in [6.07, 6.45) is 0.293. The fraction of sp³-hybridized carbons (Fsp3) is 0.900. The molecule has 1 heterocycles. The topological polar surface area (TPSA) is 29.5 Å². The van der Waals surface area contributed by atoms with Crippen LogP contribution in [0.1, 0.15) is 33.6 Å². The van der Waals surface area contributed by atoms with Gasteiger partial charge in [0.05, 0.1) is 5.88 Å². The number of nitrogens with zero attached hydrogens (tertiary/aromatic N) is 1. The maximum atomic E-state index is 14.0. The molecule has 1 amide bonds. The Hall–Kier alpha value is -0.510. The van der Waals surface area contributed by atoms with E-state index < -0.39 is 17.5 Å². The van der Waals surface area contributed by atoms with Gasteiger partial charge in [-0.2, -0.15) is 0 Å². The van der Waals surface area contributed by atoms with Gasteiger partial charge in [-0.3, -0.25) is 4.90 Å². The summed E-state index contributed by atoms with van der Waals surface area (Å²) in [5.74, 6) is -1.93. The quantitative estimate of drug-likeness (QED) is 0.518. The number of carbonyl (C=O) groups excluding carboxylic acids is 1. The lowest BCUT2D eigenvalue weighted by atomic mass is 10.2. The van der Waals surface area contributed by atoms with Gasteiger partial charge in [0.25, 0.3) is 0 Å². The first-order valence-electron chi connectivity index (χ1n) is 5.04. The molecule has 0 aromatic heterocycles. The van der Waals surface area contributed by atoms with Gasteiger partial charge in [0, 0.05) is 13.0 Å². The lowest BCUT2D eigenvalue weighted by Gasteiger charge is -2.31. The molecule has 0 aromatic carbocycles. The Bertz CT molecular complexity index is 254. The fourth-order valence-corrected chi connectivity index (χ4v) is 1.83. The highest BCUT2D eigenvalue weighted by molar-refractivity contribution is 6.18. The average molecular weight is 238 g/mol. The molecule has 1 atom stereocenters. The Morgan fingerprint density at radius 2 is 2.20 bits per heavy atom. The summed E-state index contributed by atoms with van der Waals surface area (Å²) in [4.78, 5) is 12.7. The van der Waals surface area contributed by atoms with Gasteiger partial charge in [-0.05, 0) is 27.2 Å². The van der Waals surface area contributed by atoms with E-state index in [2.05, 4.69) is 0 Å². The lowest BCUT2D eigenvalue weighted by molar-refractivity contribution is -0.0220. The van der Waals surface area contributed by atoms with Crippen molar-refractivity contribution in [2.75, 3.05) is 12.4 Å². The van der Waals surface area contributed by atoms with Crippen LogP contribution >= 0.6 is 11.6 Å². The summed E-state index contributed by atoms with van der Waals surface area (Å²) in [6.45, 7) is 5.63. The highest BCUT2D eigenvalue weighted by Crippen LogP contribution is 2.33. The first-order valence-corrected chi connectivity index (χ1v) is 5.57. The molecular formula is C10H17ClFNO2. The van der Waals surface area contributed by atoms with E-state index in [4.69, 9.17) is 16.3 Å². The predicted octanol–water partition coefficient (Wildman–Crippen LogP) is 2.92. The van der Waals surface area contributed by atoms with Gasteiger partial charge >= 0.3 is 6.09 Å². The summed E-state index contributed by atoms with van der Waals surface area (Å²) in [5, 5.41) is 0. The van der Waals surface area contributed by atoms with Crippen LogP contribution in [0.2, 0.25) is 0 Å². The van der Waals surface area contributed by atoms with Crippen molar-refractivity contribution in [1.82, 2.24) is 4.90 Å². The molecular weight excluding hydrogens is 221 g/mol. The number of halogens is 2. The monoisotopic (exact) mass is 237 g/mol. The minimum Gasteiger partial charge on any atom is -0.444 e. The summed E-state index contributed by atoms with van der Waals surface area (Å²) in [5.41, 5.74) is -0.604. The number of carbonyl (C=O) groups is 1. The number of hydrogen-bond acceptors (Lipinski definition) is 2.